The van der Waals surface area contributed by atoms with Crippen molar-refractivity contribution in [2.24, 2.45) is 23.2 Å². The molecule has 8 atom stereocenters. The molecule has 0 aromatic heterocycles. The highest BCUT2D eigenvalue weighted by molar-refractivity contribution is 6.21. The number of aliphatic hydroxyl groups is 1. The van der Waals surface area contributed by atoms with Gasteiger partial charge in [-0.2, -0.15) is 0 Å². The van der Waals surface area contributed by atoms with E-state index >= 15 is 4.39 Å². The van der Waals surface area contributed by atoms with Gasteiger partial charge in [-0.05, 0) is 73.1 Å². The smallest absolute Gasteiger partial charge is 0.115 e. The Labute approximate surface area is 147 Å². The summed E-state index contributed by atoms with van der Waals surface area (Å²) in [6, 6.07) is 5.38. The summed E-state index contributed by atoms with van der Waals surface area (Å²) < 4.78 is 15.4. The van der Waals surface area contributed by atoms with E-state index in [0.29, 0.717) is 18.8 Å². The van der Waals surface area contributed by atoms with Crippen LogP contribution in [0.5, 0.6) is 5.75 Å². The van der Waals surface area contributed by atoms with Gasteiger partial charge < -0.3 is 10.2 Å². The highest BCUT2D eigenvalue weighted by atomic mass is 35.5. The van der Waals surface area contributed by atoms with Gasteiger partial charge in [0.15, 0.2) is 0 Å². The van der Waals surface area contributed by atoms with Crippen LogP contribution in [0.25, 0.3) is 0 Å². The monoisotopic (exact) mass is 350 g/mol. The van der Waals surface area contributed by atoms with E-state index in [1.54, 1.807) is 12.1 Å². The van der Waals surface area contributed by atoms with E-state index in [9.17, 15) is 10.2 Å². The van der Waals surface area contributed by atoms with Crippen LogP contribution < -0.4 is 0 Å². The quantitative estimate of drug-likeness (QED) is 0.689. The summed E-state index contributed by atoms with van der Waals surface area (Å²) in [5.41, 5.74) is 0.919. The maximum atomic E-state index is 15.4. The average molecular weight is 351 g/mol. The van der Waals surface area contributed by atoms with Gasteiger partial charge in [0, 0.05) is 16.7 Å². The van der Waals surface area contributed by atoms with Crippen LogP contribution in [0.15, 0.2) is 18.2 Å². The Morgan fingerprint density at radius 3 is 2.88 bits per heavy atom. The third-order valence-electron chi connectivity index (χ3n) is 8.07. The van der Waals surface area contributed by atoms with E-state index in [1.807, 2.05) is 6.07 Å². The van der Waals surface area contributed by atoms with Crippen LogP contribution in [0.4, 0.5) is 4.39 Å². The second-order valence-electron chi connectivity index (χ2n) is 8.89. The Morgan fingerprint density at radius 1 is 1.29 bits per heavy atom. The van der Waals surface area contributed by atoms with Gasteiger partial charge >= 0.3 is 0 Å². The molecule has 1 aromatic rings. The van der Waals surface area contributed by atoms with Crippen molar-refractivity contribution < 1.29 is 14.6 Å². The van der Waals surface area contributed by atoms with Gasteiger partial charge in [-0.15, -0.1) is 11.6 Å². The SMILES string of the molecule is C[C@@]12C[C@H](F)C3c4ccc(O)cc4CC4C(Cl)C[C@]1(O)CCC2C43. The highest BCUT2D eigenvalue weighted by Gasteiger charge is 2.68. The largest absolute Gasteiger partial charge is 0.508 e. The minimum absolute atomic E-state index is 0.132. The summed E-state index contributed by atoms with van der Waals surface area (Å²) >= 11 is 6.81. The average Bonchev–Trinajstić information content (AvgIpc) is 2.73. The molecule has 1 aromatic carbocycles. The Balaban J connectivity index is 1.72. The summed E-state index contributed by atoms with van der Waals surface area (Å²) in [5.74, 6) is 0.829. The maximum absolute atomic E-state index is 15.4. The summed E-state index contributed by atoms with van der Waals surface area (Å²) in [5, 5.41) is 21.1. The zero-order chi connectivity index (χ0) is 16.9. The molecule has 0 heterocycles. The van der Waals surface area contributed by atoms with Crippen LogP contribution in [0, 0.1) is 23.2 Å². The Hall–Kier alpha value is -0.800. The van der Waals surface area contributed by atoms with E-state index in [4.69, 9.17) is 11.6 Å². The molecule has 3 saturated carbocycles. The predicted molar refractivity (Wildman–Crippen MR) is 91.1 cm³/mol. The molecule has 0 saturated heterocycles. The third kappa shape index (κ3) is 1.71. The van der Waals surface area contributed by atoms with Gasteiger partial charge in [0.25, 0.3) is 0 Å². The fraction of sp³-hybridized carbons (Fsp3) is 0.700. The maximum Gasteiger partial charge on any atom is 0.115 e. The van der Waals surface area contributed by atoms with Gasteiger partial charge in [0.1, 0.15) is 11.9 Å². The Kier molecular flexibility index (Phi) is 3.01. The molecule has 5 unspecified atom stereocenters. The normalized spacial score (nSPS) is 51.8. The molecule has 2 nitrogen and oxygen atoms in total. The second kappa shape index (κ2) is 4.67. The fourth-order valence-electron chi connectivity index (χ4n) is 6.95. The van der Waals surface area contributed by atoms with Crippen molar-refractivity contribution in [2.45, 2.75) is 62.1 Å². The predicted octanol–water partition coefficient (Wildman–Crippen LogP) is 4.16. The first-order valence-electron chi connectivity index (χ1n) is 9.16. The van der Waals surface area contributed by atoms with E-state index in [1.165, 1.54) is 0 Å². The molecule has 4 heteroatoms. The van der Waals surface area contributed by atoms with Crippen LogP contribution in [0.1, 0.15) is 49.7 Å². The number of hydrogen-bond donors (Lipinski definition) is 2. The van der Waals surface area contributed by atoms with E-state index in [-0.39, 0.29) is 34.3 Å². The topological polar surface area (TPSA) is 40.5 Å². The summed E-state index contributed by atoms with van der Waals surface area (Å²) in [4.78, 5) is 0. The van der Waals surface area contributed by atoms with Crippen molar-refractivity contribution in [3.05, 3.63) is 29.3 Å². The van der Waals surface area contributed by atoms with Crippen molar-refractivity contribution in [1.82, 2.24) is 0 Å². The molecule has 0 radical (unpaired) electrons. The summed E-state index contributed by atoms with van der Waals surface area (Å²) in [6.45, 7) is 2.10. The standard InChI is InChI=1S/C20H24ClFO2/c1-19-9-16(22)18-12-3-2-11(23)6-10(12)7-13-15(21)8-20(19,24)5-4-14(19)17(13)18/h2-3,6,13-18,23-24H,4-5,7-9H2,1H3/t13?,14?,15?,16-,17?,18?,19-,20+/m0/s1. The number of alkyl halides is 2. The number of benzene rings is 1. The van der Waals surface area contributed by atoms with Gasteiger partial charge in [-0.1, -0.05) is 13.0 Å². The minimum atomic E-state index is -0.950. The molecule has 3 fully saturated rings. The molecule has 0 amide bonds. The minimum Gasteiger partial charge on any atom is -0.508 e. The van der Waals surface area contributed by atoms with Crippen molar-refractivity contribution in [1.29, 1.82) is 0 Å². The second-order valence-corrected chi connectivity index (χ2v) is 9.45. The van der Waals surface area contributed by atoms with Crippen molar-refractivity contribution in [3.63, 3.8) is 0 Å². The number of halogens is 2. The number of fused-ring (bicyclic) bond motifs is 2. The van der Waals surface area contributed by atoms with Crippen molar-refractivity contribution >= 4 is 11.6 Å². The number of aromatic hydroxyl groups is 1. The molecule has 4 aliphatic carbocycles. The lowest BCUT2D eigenvalue weighted by Crippen LogP contribution is -2.53. The molecule has 2 N–H and O–H groups in total. The number of phenolic OH excluding ortho intramolecular Hbond substituents is 1. The Morgan fingerprint density at radius 2 is 2.08 bits per heavy atom. The van der Waals surface area contributed by atoms with E-state index in [2.05, 4.69) is 6.92 Å². The fourth-order valence-corrected chi connectivity index (χ4v) is 7.47. The van der Waals surface area contributed by atoms with Crippen molar-refractivity contribution in [3.8, 4) is 5.75 Å². The summed E-state index contributed by atoms with van der Waals surface area (Å²) in [6.07, 6.45) is 2.56. The van der Waals surface area contributed by atoms with Crippen LogP contribution in [0.3, 0.4) is 0 Å². The van der Waals surface area contributed by atoms with Crippen LogP contribution in [-0.2, 0) is 6.42 Å². The number of hydrogen-bond acceptors (Lipinski definition) is 2. The van der Waals surface area contributed by atoms with Gasteiger partial charge in [0.05, 0.1) is 5.60 Å². The molecular weight excluding hydrogens is 327 g/mol. The lowest BCUT2D eigenvalue weighted by molar-refractivity contribution is -0.113. The summed E-state index contributed by atoms with van der Waals surface area (Å²) in [7, 11) is 0. The Bertz CT molecular complexity index is 709. The molecule has 0 spiro atoms. The first-order chi connectivity index (χ1) is 11.3. The van der Waals surface area contributed by atoms with Gasteiger partial charge in [0.2, 0.25) is 0 Å². The molecule has 0 aliphatic heterocycles. The molecule has 4 bridgehead atoms. The molecule has 5 rings (SSSR count). The van der Waals surface area contributed by atoms with Crippen LogP contribution >= 0.6 is 11.6 Å². The molecular formula is C20H24ClFO2. The highest BCUT2D eigenvalue weighted by Crippen LogP contribution is 2.69. The van der Waals surface area contributed by atoms with Gasteiger partial charge in [-0.25, -0.2) is 4.39 Å². The lowest BCUT2D eigenvalue weighted by atomic mass is 9.52. The van der Waals surface area contributed by atoms with E-state index < -0.39 is 11.8 Å². The van der Waals surface area contributed by atoms with Crippen molar-refractivity contribution in [2.75, 3.05) is 0 Å². The van der Waals surface area contributed by atoms with Crippen LogP contribution in [-0.4, -0.2) is 27.4 Å². The lowest BCUT2D eigenvalue weighted by Gasteiger charge is -2.54. The van der Waals surface area contributed by atoms with Gasteiger partial charge in [-0.3, -0.25) is 0 Å². The number of phenols is 1. The molecule has 24 heavy (non-hydrogen) atoms. The van der Waals surface area contributed by atoms with Crippen LogP contribution in [0.2, 0.25) is 0 Å². The zero-order valence-corrected chi connectivity index (χ0v) is 14.6. The first-order valence-corrected chi connectivity index (χ1v) is 9.60. The zero-order valence-electron chi connectivity index (χ0n) is 13.9. The first kappa shape index (κ1) is 15.5. The number of rotatable bonds is 0. The molecule has 4 aliphatic rings. The van der Waals surface area contributed by atoms with E-state index in [0.717, 1.165) is 30.4 Å². The third-order valence-corrected chi connectivity index (χ3v) is 8.55. The molecule has 130 valence electrons.